The van der Waals surface area contributed by atoms with Gasteiger partial charge in [0.25, 0.3) is 0 Å². The van der Waals surface area contributed by atoms with Crippen molar-refractivity contribution in [2.45, 2.75) is 20.4 Å². The normalized spacial score (nSPS) is 13.0. The number of quaternary nitrogens is 2. The molecule has 2 nitrogen and oxygen atoms in total. The van der Waals surface area contributed by atoms with Crippen LogP contribution in [-0.4, -0.2) is 33.2 Å². The van der Waals surface area contributed by atoms with E-state index in [0.29, 0.717) is 0 Å². The summed E-state index contributed by atoms with van der Waals surface area (Å²) in [5.41, 5.74) is 1.47. The highest BCUT2D eigenvalue weighted by Gasteiger charge is 2.10. The molecule has 0 aliphatic heterocycles. The molecule has 0 saturated carbocycles. The molecule has 2 rings (SSSR count). The summed E-state index contributed by atoms with van der Waals surface area (Å²) in [6, 6.07) is 15.4. The van der Waals surface area contributed by atoms with E-state index in [2.05, 4.69) is 63.4 Å². The molecule has 0 radical (unpaired) electrons. The van der Waals surface area contributed by atoms with Crippen LogP contribution in [0.25, 0.3) is 10.8 Å². The first-order valence-corrected chi connectivity index (χ1v) is 7.86. The van der Waals surface area contributed by atoms with Crippen molar-refractivity contribution < 1.29 is 9.80 Å². The molecule has 0 aromatic heterocycles. The number of benzene rings is 2. The summed E-state index contributed by atoms with van der Waals surface area (Å²) in [6.07, 6.45) is 0. The number of fused-ring (bicyclic) bond motifs is 1. The molecule has 2 heteroatoms. The Morgan fingerprint density at radius 1 is 0.850 bits per heavy atom. The third-order valence-electron chi connectivity index (χ3n) is 4.28. The fraction of sp³-hybridized carbons (Fsp3) is 0.444. The van der Waals surface area contributed by atoms with Crippen molar-refractivity contribution in [3.05, 3.63) is 48.0 Å². The first kappa shape index (κ1) is 15.0. The predicted octanol–water partition coefficient (Wildman–Crippen LogP) is 0.779. The second-order valence-electron chi connectivity index (χ2n) is 5.73. The maximum atomic E-state index is 2.31. The molecule has 0 heterocycles. The molecule has 2 aromatic rings. The van der Waals surface area contributed by atoms with E-state index in [0.717, 1.165) is 6.54 Å². The van der Waals surface area contributed by atoms with Crippen LogP contribution in [0.3, 0.4) is 0 Å². The van der Waals surface area contributed by atoms with Crippen LogP contribution in [0.5, 0.6) is 0 Å². The molecule has 2 N–H and O–H groups in total. The molecule has 20 heavy (non-hydrogen) atoms. The molecular weight excluding hydrogens is 244 g/mol. The molecule has 1 unspecified atom stereocenters. The fourth-order valence-electron chi connectivity index (χ4n) is 2.85. The largest absolute Gasteiger partial charge is 0.331 e. The average molecular weight is 272 g/mol. The summed E-state index contributed by atoms with van der Waals surface area (Å²) in [6.45, 7) is 10.6. The van der Waals surface area contributed by atoms with Gasteiger partial charge in [0.05, 0.1) is 20.1 Å². The van der Waals surface area contributed by atoms with E-state index < -0.39 is 0 Å². The molecular formula is C18H28N2+2. The Labute approximate surface area is 123 Å². The van der Waals surface area contributed by atoms with Gasteiger partial charge >= 0.3 is 0 Å². The van der Waals surface area contributed by atoms with Gasteiger partial charge in [-0.1, -0.05) is 42.5 Å². The lowest BCUT2D eigenvalue weighted by Gasteiger charge is -2.19. The predicted molar refractivity (Wildman–Crippen MR) is 86.3 cm³/mol. The van der Waals surface area contributed by atoms with Crippen LogP contribution >= 0.6 is 0 Å². The maximum absolute atomic E-state index is 2.31. The van der Waals surface area contributed by atoms with Crippen molar-refractivity contribution in [2.24, 2.45) is 0 Å². The summed E-state index contributed by atoms with van der Waals surface area (Å²) < 4.78 is 0. The van der Waals surface area contributed by atoms with E-state index in [1.807, 2.05) is 0 Å². The Bertz CT molecular complexity index is 526. The average Bonchev–Trinajstić information content (AvgIpc) is 2.49. The van der Waals surface area contributed by atoms with Crippen molar-refractivity contribution in [3.8, 4) is 0 Å². The molecule has 108 valence electrons. The van der Waals surface area contributed by atoms with Gasteiger partial charge in [0, 0.05) is 5.56 Å². The minimum absolute atomic E-state index is 1.11. The van der Waals surface area contributed by atoms with Crippen molar-refractivity contribution in [1.29, 1.82) is 0 Å². The van der Waals surface area contributed by atoms with Crippen LogP contribution in [0.1, 0.15) is 19.4 Å². The molecule has 0 aliphatic carbocycles. The summed E-state index contributed by atoms with van der Waals surface area (Å²) >= 11 is 0. The van der Waals surface area contributed by atoms with Crippen molar-refractivity contribution >= 4 is 10.8 Å². The second-order valence-corrected chi connectivity index (χ2v) is 5.73. The zero-order valence-electron chi connectivity index (χ0n) is 13.1. The zero-order valence-corrected chi connectivity index (χ0v) is 13.1. The molecule has 2 aromatic carbocycles. The van der Waals surface area contributed by atoms with E-state index in [1.165, 1.54) is 42.5 Å². The van der Waals surface area contributed by atoms with Crippen LogP contribution in [0, 0.1) is 0 Å². The summed E-state index contributed by atoms with van der Waals surface area (Å²) in [5.74, 6) is 0. The van der Waals surface area contributed by atoms with E-state index in [4.69, 9.17) is 0 Å². The molecule has 1 atom stereocenters. The Kier molecular flexibility index (Phi) is 5.57. The van der Waals surface area contributed by atoms with Gasteiger partial charge < -0.3 is 9.80 Å². The highest BCUT2D eigenvalue weighted by Crippen LogP contribution is 2.17. The number of nitrogens with one attached hydrogen (secondary N) is 2. The Morgan fingerprint density at radius 2 is 1.55 bits per heavy atom. The Hall–Kier alpha value is -1.38. The fourth-order valence-corrected chi connectivity index (χ4v) is 2.85. The monoisotopic (exact) mass is 272 g/mol. The Morgan fingerprint density at radius 3 is 2.30 bits per heavy atom. The van der Waals surface area contributed by atoms with E-state index in [9.17, 15) is 0 Å². The van der Waals surface area contributed by atoms with Crippen LogP contribution in [0.2, 0.25) is 0 Å². The summed E-state index contributed by atoms with van der Waals surface area (Å²) in [5, 5.41) is 2.76. The van der Waals surface area contributed by atoms with Gasteiger partial charge in [-0.3, -0.25) is 0 Å². The van der Waals surface area contributed by atoms with Crippen LogP contribution < -0.4 is 9.80 Å². The highest BCUT2D eigenvalue weighted by atomic mass is 15.2. The van der Waals surface area contributed by atoms with E-state index in [-0.39, 0.29) is 0 Å². The van der Waals surface area contributed by atoms with Crippen molar-refractivity contribution in [1.82, 2.24) is 0 Å². The lowest BCUT2D eigenvalue weighted by molar-refractivity contribution is -0.953. The highest BCUT2D eigenvalue weighted by molar-refractivity contribution is 5.85. The lowest BCUT2D eigenvalue weighted by Crippen LogP contribution is -3.18. The van der Waals surface area contributed by atoms with Gasteiger partial charge in [0.2, 0.25) is 0 Å². The molecule has 0 saturated heterocycles. The molecule has 0 spiro atoms. The van der Waals surface area contributed by atoms with E-state index in [1.54, 1.807) is 9.80 Å². The van der Waals surface area contributed by atoms with Gasteiger partial charge in [-0.15, -0.1) is 0 Å². The number of hydrogen-bond donors (Lipinski definition) is 2. The standard InChI is InChI=1S/C18H26N2/c1-4-20(5-2)14-13-19(3)15-17-11-8-10-16-9-6-7-12-18(16)17/h6-12H,4-5,13-15H2,1-3H3/p+2. The molecule has 0 amide bonds. The number of likely N-dealkylation sites (N-methyl/N-ethyl adjacent to an activating group) is 2. The summed E-state index contributed by atoms with van der Waals surface area (Å²) in [4.78, 5) is 3.29. The summed E-state index contributed by atoms with van der Waals surface area (Å²) in [7, 11) is 2.31. The third-order valence-corrected chi connectivity index (χ3v) is 4.28. The van der Waals surface area contributed by atoms with Gasteiger partial charge in [0.1, 0.15) is 19.6 Å². The van der Waals surface area contributed by atoms with Gasteiger partial charge in [0.15, 0.2) is 0 Å². The maximum Gasteiger partial charge on any atom is 0.127 e. The quantitative estimate of drug-likeness (QED) is 0.737. The van der Waals surface area contributed by atoms with Crippen molar-refractivity contribution in [3.63, 3.8) is 0 Å². The topological polar surface area (TPSA) is 8.88 Å². The zero-order chi connectivity index (χ0) is 14.4. The first-order valence-electron chi connectivity index (χ1n) is 7.86. The van der Waals surface area contributed by atoms with E-state index >= 15 is 0 Å². The first-order chi connectivity index (χ1) is 9.74. The van der Waals surface area contributed by atoms with Gasteiger partial charge in [-0.25, -0.2) is 0 Å². The van der Waals surface area contributed by atoms with Gasteiger partial charge in [-0.2, -0.15) is 0 Å². The minimum Gasteiger partial charge on any atom is -0.331 e. The number of rotatable bonds is 7. The molecule has 0 aliphatic rings. The molecule has 0 fully saturated rings. The number of hydrogen-bond acceptors (Lipinski definition) is 0. The van der Waals surface area contributed by atoms with Crippen LogP contribution in [-0.2, 0) is 6.54 Å². The Balaban J connectivity index is 2.01. The smallest absolute Gasteiger partial charge is 0.127 e. The third kappa shape index (κ3) is 3.81. The van der Waals surface area contributed by atoms with Gasteiger partial charge in [-0.05, 0) is 24.6 Å². The van der Waals surface area contributed by atoms with Crippen LogP contribution in [0.15, 0.2) is 42.5 Å². The molecule has 0 bridgehead atoms. The van der Waals surface area contributed by atoms with Crippen LogP contribution in [0.4, 0.5) is 0 Å². The SMILES string of the molecule is CC[NH+](CC)CC[NH+](C)Cc1cccc2ccccc12. The van der Waals surface area contributed by atoms with Crippen molar-refractivity contribution in [2.75, 3.05) is 33.2 Å². The lowest BCUT2D eigenvalue weighted by atomic mass is 10.0. The minimum atomic E-state index is 1.11. The second kappa shape index (κ2) is 7.41.